The van der Waals surface area contributed by atoms with Gasteiger partial charge in [-0.1, -0.05) is 18.2 Å². The largest absolute Gasteiger partial charge is 0.387 e. The highest BCUT2D eigenvalue weighted by atomic mass is 19.2. The van der Waals surface area contributed by atoms with Crippen LogP contribution in [0.15, 0.2) is 36.4 Å². The van der Waals surface area contributed by atoms with Crippen molar-refractivity contribution in [3.8, 4) is 0 Å². The molecule has 0 fully saturated rings. The van der Waals surface area contributed by atoms with Crippen molar-refractivity contribution in [2.75, 3.05) is 25.5 Å². The summed E-state index contributed by atoms with van der Waals surface area (Å²) in [4.78, 5) is 13.8. The van der Waals surface area contributed by atoms with Gasteiger partial charge in [-0.25, -0.2) is 8.78 Å². The Bertz CT molecular complexity index is 765. The third kappa shape index (κ3) is 5.08. The topological polar surface area (TPSA) is 52.6 Å². The number of anilines is 1. The van der Waals surface area contributed by atoms with Crippen LogP contribution in [0.3, 0.4) is 0 Å². The van der Waals surface area contributed by atoms with Gasteiger partial charge < -0.3 is 10.4 Å². The molecule has 0 aliphatic heterocycles. The number of aryl methyl sites for hydroxylation is 1. The van der Waals surface area contributed by atoms with Crippen LogP contribution in [0.2, 0.25) is 0 Å². The van der Waals surface area contributed by atoms with E-state index >= 15 is 0 Å². The van der Waals surface area contributed by atoms with Gasteiger partial charge in [-0.05, 0) is 55.8 Å². The van der Waals surface area contributed by atoms with Gasteiger partial charge in [-0.3, -0.25) is 9.69 Å². The number of benzene rings is 2. The Morgan fingerprint density at radius 3 is 2.60 bits per heavy atom. The minimum absolute atomic E-state index is 0.0636. The summed E-state index contributed by atoms with van der Waals surface area (Å²) in [5.74, 6) is -2.18. The molecule has 1 amide bonds. The van der Waals surface area contributed by atoms with Crippen LogP contribution < -0.4 is 5.32 Å². The predicted molar refractivity (Wildman–Crippen MR) is 93.4 cm³/mol. The molecule has 0 heterocycles. The second kappa shape index (κ2) is 8.18. The van der Waals surface area contributed by atoms with Gasteiger partial charge >= 0.3 is 0 Å². The Hall–Kier alpha value is -2.31. The van der Waals surface area contributed by atoms with Crippen LogP contribution in [0.4, 0.5) is 14.5 Å². The summed E-state index contributed by atoms with van der Waals surface area (Å²) < 4.78 is 26.2. The Kier molecular flexibility index (Phi) is 6.22. The van der Waals surface area contributed by atoms with Gasteiger partial charge in [-0.2, -0.15) is 0 Å². The van der Waals surface area contributed by atoms with E-state index < -0.39 is 17.7 Å². The smallest absolute Gasteiger partial charge is 0.238 e. The van der Waals surface area contributed by atoms with E-state index in [9.17, 15) is 18.7 Å². The highest BCUT2D eigenvalue weighted by molar-refractivity contribution is 5.93. The molecule has 0 saturated carbocycles. The van der Waals surface area contributed by atoms with Crippen molar-refractivity contribution >= 4 is 11.6 Å². The fourth-order valence-corrected chi connectivity index (χ4v) is 2.51. The lowest BCUT2D eigenvalue weighted by atomic mass is 10.1. The lowest BCUT2D eigenvalue weighted by Gasteiger charge is -2.21. The number of nitrogens with one attached hydrogen (secondary N) is 1. The fraction of sp³-hybridized carbons (Fsp3) is 0.316. The Labute approximate surface area is 146 Å². The summed E-state index contributed by atoms with van der Waals surface area (Å²) in [7, 11) is 1.67. The monoisotopic (exact) mass is 348 g/mol. The number of aliphatic hydroxyl groups is 1. The van der Waals surface area contributed by atoms with Crippen LogP contribution in [-0.2, 0) is 4.79 Å². The number of amides is 1. The van der Waals surface area contributed by atoms with E-state index in [1.165, 1.54) is 6.07 Å². The molecule has 1 atom stereocenters. The molecule has 25 heavy (non-hydrogen) atoms. The van der Waals surface area contributed by atoms with Crippen LogP contribution in [0, 0.1) is 25.5 Å². The number of halogens is 2. The summed E-state index contributed by atoms with van der Waals surface area (Å²) in [5.41, 5.74) is 3.10. The van der Waals surface area contributed by atoms with Gasteiger partial charge in [0.25, 0.3) is 0 Å². The van der Waals surface area contributed by atoms with E-state index in [4.69, 9.17) is 0 Å². The van der Waals surface area contributed by atoms with E-state index in [0.29, 0.717) is 0 Å². The first-order chi connectivity index (χ1) is 11.8. The summed E-state index contributed by atoms with van der Waals surface area (Å²) >= 11 is 0. The second-order valence-corrected chi connectivity index (χ2v) is 6.18. The third-order valence-corrected chi connectivity index (χ3v) is 4.11. The van der Waals surface area contributed by atoms with Crippen LogP contribution in [-0.4, -0.2) is 36.1 Å². The zero-order valence-corrected chi connectivity index (χ0v) is 14.5. The molecule has 0 spiro atoms. The van der Waals surface area contributed by atoms with Crippen LogP contribution in [0.25, 0.3) is 0 Å². The minimum Gasteiger partial charge on any atom is -0.387 e. The highest BCUT2D eigenvalue weighted by Crippen LogP contribution is 2.19. The number of nitrogens with zero attached hydrogens (tertiary/aromatic N) is 1. The van der Waals surface area contributed by atoms with Crippen molar-refractivity contribution in [1.82, 2.24) is 4.90 Å². The van der Waals surface area contributed by atoms with Crippen LogP contribution in [0.1, 0.15) is 22.8 Å². The van der Waals surface area contributed by atoms with Crippen molar-refractivity contribution in [2.45, 2.75) is 20.0 Å². The summed E-state index contributed by atoms with van der Waals surface area (Å²) in [6.45, 7) is 4.08. The Morgan fingerprint density at radius 1 is 1.20 bits per heavy atom. The second-order valence-electron chi connectivity index (χ2n) is 6.18. The molecule has 0 saturated heterocycles. The molecule has 0 radical (unpaired) electrons. The Morgan fingerprint density at radius 2 is 1.92 bits per heavy atom. The standard InChI is InChI=1S/C19H22F2N2O2/c1-12-5-4-6-17(13(12)2)22-19(25)11-23(3)10-18(24)14-7-8-15(20)16(21)9-14/h4-9,18,24H,10-11H2,1-3H3,(H,22,25). The molecule has 0 bridgehead atoms. The average molecular weight is 348 g/mol. The van der Waals surface area contributed by atoms with Crippen molar-refractivity contribution in [3.05, 3.63) is 64.7 Å². The van der Waals surface area contributed by atoms with Crippen molar-refractivity contribution in [3.63, 3.8) is 0 Å². The highest BCUT2D eigenvalue weighted by Gasteiger charge is 2.15. The summed E-state index contributed by atoms with van der Waals surface area (Å²) in [5, 5.41) is 13.0. The van der Waals surface area contributed by atoms with Crippen molar-refractivity contribution < 1.29 is 18.7 Å². The fourth-order valence-electron chi connectivity index (χ4n) is 2.51. The zero-order valence-electron chi connectivity index (χ0n) is 14.5. The molecule has 2 aromatic carbocycles. The van der Waals surface area contributed by atoms with Crippen LogP contribution in [0.5, 0.6) is 0 Å². The van der Waals surface area contributed by atoms with E-state index in [-0.39, 0.29) is 24.6 Å². The predicted octanol–water partition coefficient (Wildman–Crippen LogP) is 3.19. The molecular formula is C19H22F2N2O2. The molecule has 2 aromatic rings. The maximum atomic E-state index is 13.2. The number of carbonyl (C=O) groups excluding carboxylic acids is 1. The molecule has 0 aliphatic rings. The minimum atomic E-state index is -1.02. The number of hydrogen-bond donors (Lipinski definition) is 2. The lowest BCUT2D eigenvalue weighted by Crippen LogP contribution is -2.33. The summed E-state index contributed by atoms with van der Waals surface area (Å²) in [6, 6.07) is 8.93. The SMILES string of the molecule is Cc1cccc(NC(=O)CN(C)CC(O)c2ccc(F)c(F)c2)c1C. The van der Waals surface area contributed by atoms with Crippen molar-refractivity contribution in [1.29, 1.82) is 0 Å². The third-order valence-electron chi connectivity index (χ3n) is 4.11. The quantitative estimate of drug-likeness (QED) is 0.843. The number of rotatable bonds is 6. The number of likely N-dealkylation sites (N-methyl/N-ethyl adjacent to an activating group) is 1. The van der Waals surface area contributed by atoms with E-state index in [1.54, 1.807) is 11.9 Å². The summed E-state index contributed by atoms with van der Waals surface area (Å²) in [6.07, 6.45) is -1.02. The molecule has 134 valence electrons. The van der Waals surface area contributed by atoms with Crippen molar-refractivity contribution in [2.24, 2.45) is 0 Å². The van der Waals surface area contributed by atoms with Gasteiger partial charge in [0, 0.05) is 12.2 Å². The molecule has 6 heteroatoms. The number of aliphatic hydroxyl groups excluding tert-OH is 1. The van der Waals surface area contributed by atoms with Gasteiger partial charge in [0.1, 0.15) is 0 Å². The molecule has 0 aromatic heterocycles. The average Bonchev–Trinajstić information content (AvgIpc) is 2.54. The molecular weight excluding hydrogens is 326 g/mol. The molecule has 1 unspecified atom stereocenters. The Balaban J connectivity index is 1.92. The first-order valence-corrected chi connectivity index (χ1v) is 7.95. The van der Waals surface area contributed by atoms with E-state index in [2.05, 4.69) is 5.32 Å². The number of hydrogen-bond acceptors (Lipinski definition) is 3. The number of carbonyl (C=O) groups is 1. The first-order valence-electron chi connectivity index (χ1n) is 7.95. The molecule has 4 nitrogen and oxygen atoms in total. The first kappa shape index (κ1) is 19.0. The van der Waals surface area contributed by atoms with Gasteiger partial charge in [0.15, 0.2) is 11.6 Å². The normalized spacial score (nSPS) is 12.3. The van der Waals surface area contributed by atoms with Gasteiger partial charge in [-0.15, -0.1) is 0 Å². The van der Waals surface area contributed by atoms with Gasteiger partial charge in [0.05, 0.1) is 12.6 Å². The van der Waals surface area contributed by atoms with Crippen LogP contribution >= 0.6 is 0 Å². The lowest BCUT2D eigenvalue weighted by molar-refractivity contribution is -0.117. The van der Waals surface area contributed by atoms with E-state index in [0.717, 1.165) is 28.9 Å². The van der Waals surface area contributed by atoms with E-state index in [1.807, 2.05) is 32.0 Å². The van der Waals surface area contributed by atoms with Gasteiger partial charge in [0.2, 0.25) is 5.91 Å². The maximum absolute atomic E-state index is 13.2. The zero-order chi connectivity index (χ0) is 18.6. The molecule has 2 N–H and O–H groups in total. The molecule has 2 rings (SSSR count). The molecule has 0 aliphatic carbocycles. The maximum Gasteiger partial charge on any atom is 0.238 e.